The number of hydrogen-bond acceptors (Lipinski definition) is 17. The molecule has 1 aliphatic rings. The summed E-state index contributed by atoms with van der Waals surface area (Å²) in [6.45, 7) is 12.5. The zero-order valence-electron chi connectivity index (χ0n) is 55.1. The summed E-state index contributed by atoms with van der Waals surface area (Å²) in [6, 6.07) is 63.6. The molecule has 0 bridgehead atoms. The van der Waals surface area contributed by atoms with E-state index < -0.39 is 90.3 Å². The van der Waals surface area contributed by atoms with Crippen LogP contribution in [0, 0.1) is 11.3 Å². The molecule has 1 saturated heterocycles. The van der Waals surface area contributed by atoms with Gasteiger partial charge in [0, 0.05) is 18.5 Å². The number of benzene rings is 7. The van der Waals surface area contributed by atoms with Gasteiger partial charge in [-0.05, 0) is 117 Å². The number of rotatable bonds is 29. The predicted molar refractivity (Wildman–Crippen MR) is 366 cm³/mol. The van der Waals surface area contributed by atoms with Crippen molar-refractivity contribution in [1.29, 1.82) is 0 Å². The summed E-state index contributed by atoms with van der Waals surface area (Å²) in [7, 11) is -1.28. The van der Waals surface area contributed by atoms with Crippen LogP contribution in [0.3, 0.4) is 0 Å². The lowest BCUT2D eigenvalue weighted by Gasteiger charge is -2.38. The fourth-order valence-electron chi connectivity index (χ4n) is 11.3. The van der Waals surface area contributed by atoms with Gasteiger partial charge >= 0.3 is 25.5 Å². The van der Waals surface area contributed by atoms with Gasteiger partial charge in [0.25, 0.3) is 0 Å². The van der Waals surface area contributed by atoms with E-state index in [0.717, 1.165) is 55.3 Å². The fraction of sp³-hybridized carbons (Fsp3) is 0.338. The maximum absolute atomic E-state index is 15.2. The van der Waals surface area contributed by atoms with Crippen molar-refractivity contribution in [2.75, 3.05) is 45.1 Å². The van der Waals surface area contributed by atoms with Crippen LogP contribution in [-0.4, -0.2) is 101 Å². The third-order valence-corrected chi connectivity index (χ3v) is 19.0. The molecule has 4 N–H and O–H groups in total. The summed E-state index contributed by atoms with van der Waals surface area (Å²) in [6.07, 6.45) is -4.28. The zero-order chi connectivity index (χ0) is 68.0. The second-order valence-electron chi connectivity index (χ2n) is 25.2. The quantitative estimate of drug-likeness (QED) is 0.0148. The number of carbonyl (C=O) groups excluding carboxylic acids is 3. The number of aromatic nitrogens is 2. The maximum Gasteiger partial charge on any atom is 0.408 e. The molecule has 500 valence electrons. The molecule has 8 aromatic rings. The number of anilines is 1. The highest BCUT2D eigenvalue weighted by Crippen LogP contribution is 2.49. The molecule has 1 aromatic heterocycles. The smallest absolute Gasteiger partial charge is 0.408 e. The molecule has 9 rings (SSSR count). The van der Waals surface area contributed by atoms with E-state index in [2.05, 4.69) is 20.7 Å². The summed E-state index contributed by atoms with van der Waals surface area (Å²) in [5.41, 5.74) is -1.67. The van der Waals surface area contributed by atoms with Crippen LogP contribution in [0.25, 0.3) is 0 Å². The second kappa shape index (κ2) is 31.0. The molecule has 0 saturated carbocycles. The van der Waals surface area contributed by atoms with Crippen molar-refractivity contribution in [1.82, 2.24) is 20.0 Å². The SMILES string of the molecule is COc1ccc(C(Nc2ccn([C@@H]3O[C@H](COP(=O)(NCc4ccccc4)OCCSC(=O)C(C)(C)COC(c4ccccc4)(c4ccccc4)c4ccccc4)[C@@H](OC(=O)[C@@H](NC(=O)OC(C)(C)C)C(C)C)[C@@]3(C)O)c(=O)n2)(c2ccccc2)c2ccc(OC)cc2)cc1. The van der Waals surface area contributed by atoms with Crippen LogP contribution in [-0.2, 0) is 59.8 Å². The Morgan fingerprint density at radius 1 is 0.684 bits per heavy atom. The van der Waals surface area contributed by atoms with Crippen LogP contribution in [0.2, 0.25) is 0 Å². The van der Waals surface area contributed by atoms with E-state index in [1.54, 1.807) is 54.9 Å². The van der Waals surface area contributed by atoms with Gasteiger partial charge in [-0.15, -0.1) is 0 Å². The van der Waals surface area contributed by atoms with Crippen molar-refractivity contribution in [2.24, 2.45) is 11.3 Å². The number of aliphatic hydroxyl groups is 1. The average molecular weight is 1330 g/mol. The molecule has 0 radical (unpaired) electrons. The molecule has 1 unspecified atom stereocenters. The Labute approximate surface area is 559 Å². The number of alkyl carbamates (subject to hydrolysis) is 1. The number of hydrogen-bond donors (Lipinski definition) is 4. The Morgan fingerprint density at radius 2 is 1.17 bits per heavy atom. The van der Waals surface area contributed by atoms with Gasteiger partial charge < -0.3 is 44.2 Å². The summed E-state index contributed by atoms with van der Waals surface area (Å²) in [4.78, 5) is 61.4. The molecule has 1 amide bonds. The molecule has 0 spiro atoms. The van der Waals surface area contributed by atoms with Crippen LogP contribution in [0.5, 0.6) is 11.5 Å². The summed E-state index contributed by atoms with van der Waals surface area (Å²) < 4.78 is 65.1. The van der Waals surface area contributed by atoms with Gasteiger partial charge in [0.05, 0.1) is 39.5 Å². The first-order valence-corrected chi connectivity index (χ1v) is 33.9. The van der Waals surface area contributed by atoms with E-state index in [-0.39, 0.29) is 36.4 Å². The lowest BCUT2D eigenvalue weighted by atomic mass is 9.77. The lowest BCUT2D eigenvalue weighted by Crippen LogP contribution is -2.53. The van der Waals surface area contributed by atoms with Crippen molar-refractivity contribution >= 4 is 42.5 Å². The normalized spacial score (nSPS) is 17.7. The third kappa shape index (κ3) is 17.0. The van der Waals surface area contributed by atoms with Crippen LogP contribution >= 0.6 is 19.5 Å². The molecule has 1 fully saturated rings. The van der Waals surface area contributed by atoms with Gasteiger partial charge in [-0.2, -0.15) is 4.98 Å². The zero-order valence-corrected chi connectivity index (χ0v) is 56.8. The number of amides is 1. The van der Waals surface area contributed by atoms with Gasteiger partial charge in [-0.1, -0.05) is 202 Å². The van der Waals surface area contributed by atoms with Gasteiger partial charge in [0.15, 0.2) is 17.4 Å². The van der Waals surface area contributed by atoms with Gasteiger partial charge in [0.2, 0.25) is 0 Å². The Kier molecular flexibility index (Phi) is 23.1. The van der Waals surface area contributed by atoms with Crippen molar-refractivity contribution in [3.8, 4) is 11.5 Å². The van der Waals surface area contributed by atoms with E-state index in [9.17, 15) is 24.3 Å². The van der Waals surface area contributed by atoms with Crippen molar-refractivity contribution in [3.63, 3.8) is 0 Å². The molecule has 95 heavy (non-hydrogen) atoms. The van der Waals surface area contributed by atoms with E-state index >= 15 is 4.57 Å². The van der Waals surface area contributed by atoms with E-state index in [0.29, 0.717) is 11.5 Å². The monoisotopic (exact) mass is 1330 g/mol. The molecule has 19 nitrogen and oxygen atoms in total. The lowest BCUT2D eigenvalue weighted by molar-refractivity contribution is -0.167. The number of esters is 1. The molecule has 21 heteroatoms. The predicted octanol–water partition coefficient (Wildman–Crippen LogP) is 13.0. The number of ether oxygens (including phenoxy) is 6. The van der Waals surface area contributed by atoms with E-state index in [4.69, 9.17) is 37.5 Å². The highest BCUT2D eigenvalue weighted by atomic mass is 32.2. The Hall–Kier alpha value is -8.43. The number of nitrogens with zero attached hydrogens (tertiary/aromatic N) is 2. The first-order chi connectivity index (χ1) is 45.4. The molecule has 1 aliphatic heterocycles. The van der Waals surface area contributed by atoms with Gasteiger partial charge in [-0.25, -0.2) is 24.0 Å². The first kappa shape index (κ1) is 70.9. The fourth-order valence-corrected chi connectivity index (χ4v) is 13.6. The molecule has 7 aromatic carbocycles. The van der Waals surface area contributed by atoms with Crippen LogP contribution in [0.4, 0.5) is 10.6 Å². The third-order valence-electron chi connectivity index (χ3n) is 16.3. The minimum absolute atomic E-state index is 0.00116. The minimum atomic E-state index is -4.44. The maximum atomic E-state index is 15.2. The van der Waals surface area contributed by atoms with Crippen LogP contribution in [0.1, 0.15) is 101 Å². The number of nitrogens with one attached hydrogen (secondary N) is 3. The Balaban J connectivity index is 0.990. The summed E-state index contributed by atoms with van der Waals surface area (Å²) in [5.74, 6) is -0.128. The molecule has 0 aliphatic carbocycles. The topological polar surface area (TPSA) is 233 Å². The van der Waals surface area contributed by atoms with Crippen LogP contribution in [0.15, 0.2) is 217 Å². The Bertz CT molecular complexity index is 3770. The molecular weight excluding hydrogens is 1250 g/mol. The Morgan fingerprint density at radius 3 is 1.64 bits per heavy atom. The highest BCUT2D eigenvalue weighted by molar-refractivity contribution is 8.13. The van der Waals surface area contributed by atoms with Crippen LogP contribution < -0.4 is 30.9 Å². The largest absolute Gasteiger partial charge is 0.497 e. The van der Waals surface area contributed by atoms with Crippen molar-refractivity contribution in [3.05, 3.63) is 262 Å². The molecular formula is C74H84N5O14PS. The number of carbonyl (C=O) groups is 3. The summed E-state index contributed by atoms with van der Waals surface area (Å²) in [5, 5.41) is 21.7. The van der Waals surface area contributed by atoms with E-state index in [1.807, 2.05) is 214 Å². The first-order valence-electron chi connectivity index (χ1n) is 31.4. The number of methoxy groups -OCH3 is 2. The standard InChI is InChI=1S/C74H84N5O14PS/c1-51(2)63(77-69(83)93-70(3,4)5)65(80)92-64-61(91-66(72(64,8)84)79-45-44-62(76-68(79)82)78-73(53-28-18-12-19-29-53,54-36-40-59(86-9)41-37-54)55-38-42-60(87-10)43-39-55)49-90-94(85,75-48-52-26-16-11-17-27-52)89-46-47-95-67(81)71(6,7)50-88-74(56-30-20-13-21-31-56,57-32-22-14-23-33-57)58-34-24-15-25-35-58/h11-45,51,61,63-64,66,84H,46-50H2,1-10H3,(H,75,85)(H,77,83)(H,76,78,82)/t61-,63+,64-,66-,72-,94?/m1/s1. The van der Waals surface area contributed by atoms with Gasteiger partial charge in [-0.3, -0.25) is 18.4 Å². The van der Waals surface area contributed by atoms with Gasteiger partial charge in [0.1, 0.15) is 51.8 Å². The average Bonchev–Trinajstić information content (AvgIpc) is 1.60. The number of thioether (sulfide) groups is 1. The van der Waals surface area contributed by atoms with Crippen molar-refractivity contribution in [2.45, 2.75) is 109 Å². The van der Waals surface area contributed by atoms with Crippen molar-refractivity contribution < 1.29 is 61.5 Å². The highest BCUT2D eigenvalue weighted by Gasteiger charge is 2.58. The molecule has 6 atom stereocenters. The minimum Gasteiger partial charge on any atom is -0.497 e. The molecule has 2 heterocycles. The van der Waals surface area contributed by atoms with E-state index in [1.165, 1.54) is 13.1 Å². The summed E-state index contributed by atoms with van der Waals surface area (Å²) >= 11 is 0.986. The second-order valence-corrected chi connectivity index (χ2v) is 28.1.